The molecule has 1 unspecified atom stereocenters. The number of carbonyl (C=O) groups excluding carboxylic acids is 1. The number of rotatable bonds is 9. The van der Waals surface area contributed by atoms with Crippen LogP contribution in [0.2, 0.25) is 0 Å². The molecule has 0 radical (unpaired) electrons. The summed E-state index contributed by atoms with van der Waals surface area (Å²) in [5, 5.41) is -0.517. The lowest BCUT2D eigenvalue weighted by Gasteiger charge is -2.32. The number of ketones is 1. The summed E-state index contributed by atoms with van der Waals surface area (Å²) in [5.41, 5.74) is 0.0154. The maximum Gasteiger partial charge on any atom is 0.437 e. The average molecular weight is 606 g/mol. The van der Waals surface area contributed by atoms with Gasteiger partial charge in [0.1, 0.15) is 5.82 Å². The highest BCUT2D eigenvalue weighted by molar-refractivity contribution is 7.90. The Bertz CT molecular complexity index is 1470. The third-order valence-corrected chi connectivity index (χ3v) is 9.66. The number of nitrogens with zero attached hydrogens (tertiary/aromatic N) is 4. The first-order valence-corrected chi connectivity index (χ1v) is 15.6. The minimum atomic E-state index is -4.83. The number of nitrogens with one attached hydrogen (secondary N) is 1. The lowest BCUT2D eigenvalue weighted by molar-refractivity contribution is -0.141. The molecule has 2 aromatic heterocycles. The van der Waals surface area contributed by atoms with Crippen molar-refractivity contribution in [2.75, 3.05) is 36.0 Å². The van der Waals surface area contributed by atoms with Gasteiger partial charge in [-0.2, -0.15) is 18.2 Å². The third kappa shape index (κ3) is 7.12. The fraction of sp³-hybridized carbons (Fsp3) is 0.483. The number of alkyl halides is 3. The smallest absolute Gasteiger partial charge is 0.420 e. The second-order valence-corrected chi connectivity index (χ2v) is 13.1. The minimum absolute atomic E-state index is 0.175. The Hall–Kier alpha value is -3.45. The van der Waals surface area contributed by atoms with Crippen molar-refractivity contribution in [3.05, 3.63) is 71.2 Å². The van der Waals surface area contributed by atoms with Crippen LogP contribution in [0, 0.1) is 5.92 Å². The van der Waals surface area contributed by atoms with Crippen LogP contribution in [0.3, 0.4) is 0 Å². The molecule has 1 N–H and O–H groups in total. The molecular weight excluding hydrogens is 571 g/mol. The Balaban J connectivity index is 1.19. The molecule has 2 aliphatic rings. The Morgan fingerprint density at radius 2 is 1.76 bits per heavy atom. The lowest BCUT2D eigenvalue weighted by Crippen LogP contribution is -2.43. The molecule has 1 aromatic carbocycles. The third-order valence-electron chi connectivity index (χ3n) is 7.76. The average Bonchev–Trinajstić information content (AvgIpc) is 3.44. The van der Waals surface area contributed by atoms with E-state index in [0.29, 0.717) is 50.4 Å². The summed E-state index contributed by atoms with van der Waals surface area (Å²) in [4.78, 5) is 24.6. The molecule has 1 atom stereocenters. The maximum atomic E-state index is 13.7. The molecule has 2 fully saturated rings. The SMILES string of the molecule is CC1CCCN(c2nc(C(F)(F)F)c(C(=O)Cc3ccc(N4CCC(S(=O)(=O)NCc5ccccc5)CC4)nc3)o2)C1. The van der Waals surface area contributed by atoms with Gasteiger partial charge in [0.2, 0.25) is 21.6 Å². The van der Waals surface area contributed by atoms with Crippen molar-refractivity contribution in [1.82, 2.24) is 14.7 Å². The number of anilines is 2. The van der Waals surface area contributed by atoms with Crippen LogP contribution < -0.4 is 14.5 Å². The van der Waals surface area contributed by atoms with Gasteiger partial charge in [-0.1, -0.05) is 43.3 Å². The van der Waals surface area contributed by atoms with Crippen molar-refractivity contribution >= 4 is 27.6 Å². The highest BCUT2D eigenvalue weighted by atomic mass is 32.2. The van der Waals surface area contributed by atoms with Gasteiger partial charge in [0.25, 0.3) is 6.01 Å². The normalized spacial score (nSPS) is 18.8. The van der Waals surface area contributed by atoms with Crippen LogP contribution in [0.5, 0.6) is 0 Å². The highest BCUT2D eigenvalue weighted by Crippen LogP contribution is 2.35. The number of oxazole rings is 1. The number of aromatic nitrogens is 2. The molecule has 13 heteroatoms. The van der Waals surface area contributed by atoms with Crippen LogP contribution in [0.1, 0.15) is 60.0 Å². The van der Waals surface area contributed by atoms with Crippen LogP contribution in [-0.2, 0) is 29.2 Å². The molecule has 5 rings (SSSR count). The van der Waals surface area contributed by atoms with Crippen molar-refractivity contribution in [1.29, 1.82) is 0 Å². The van der Waals surface area contributed by atoms with Gasteiger partial charge in [-0.3, -0.25) is 4.79 Å². The summed E-state index contributed by atoms with van der Waals surface area (Å²) in [6.07, 6.45) is -1.06. The second kappa shape index (κ2) is 12.4. The topological polar surface area (TPSA) is 109 Å². The van der Waals surface area contributed by atoms with E-state index in [4.69, 9.17) is 4.42 Å². The van der Waals surface area contributed by atoms with Crippen LogP contribution >= 0.6 is 0 Å². The lowest BCUT2D eigenvalue weighted by atomic mass is 10.0. The molecule has 226 valence electrons. The second-order valence-electron chi connectivity index (χ2n) is 11.0. The Morgan fingerprint density at radius 3 is 2.40 bits per heavy atom. The van der Waals surface area contributed by atoms with Crippen LogP contribution in [0.25, 0.3) is 0 Å². The first kappa shape index (κ1) is 30.0. The van der Waals surface area contributed by atoms with Crippen molar-refractivity contribution < 1.29 is 30.8 Å². The monoisotopic (exact) mass is 605 g/mol. The quantitative estimate of drug-likeness (QED) is 0.346. The summed E-state index contributed by atoms with van der Waals surface area (Å²) in [6, 6.07) is 12.5. The minimum Gasteiger partial charge on any atom is -0.420 e. The van der Waals surface area contributed by atoms with Crippen LogP contribution in [0.15, 0.2) is 53.1 Å². The van der Waals surface area contributed by atoms with Gasteiger partial charge in [-0.25, -0.2) is 18.1 Å². The number of hydrogen-bond acceptors (Lipinski definition) is 8. The van der Waals surface area contributed by atoms with E-state index >= 15 is 0 Å². The van der Waals surface area contributed by atoms with Gasteiger partial charge in [-0.15, -0.1) is 0 Å². The van der Waals surface area contributed by atoms with Gasteiger partial charge in [-0.05, 0) is 48.8 Å². The van der Waals surface area contributed by atoms with Crippen molar-refractivity contribution in [3.8, 4) is 0 Å². The fourth-order valence-corrected chi connectivity index (χ4v) is 6.89. The number of carbonyl (C=O) groups is 1. The summed E-state index contributed by atoms with van der Waals surface area (Å²) < 4.78 is 74.9. The first-order chi connectivity index (χ1) is 20.0. The van der Waals surface area contributed by atoms with Crippen molar-refractivity contribution in [3.63, 3.8) is 0 Å². The number of benzene rings is 1. The zero-order valence-electron chi connectivity index (χ0n) is 23.3. The van der Waals surface area contributed by atoms with Gasteiger partial charge in [0.05, 0.1) is 5.25 Å². The molecule has 0 bridgehead atoms. The molecule has 4 heterocycles. The largest absolute Gasteiger partial charge is 0.437 e. The number of sulfonamides is 1. The number of piperidine rings is 2. The molecule has 9 nitrogen and oxygen atoms in total. The summed E-state index contributed by atoms with van der Waals surface area (Å²) in [6.45, 7) is 4.25. The van der Waals surface area contributed by atoms with E-state index in [1.54, 1.807) is 17.0 Å². The van der Waals surface area contributed by atoms with E-state index in [-0.39, 0.29) is 24.9 Å². The van der Waals surface area contributed by atoms with Crippen LogP contribution in [0.4, 0.5) is 25.0 Å². The molecule has 3 aromatic rings. The summed E-state index contributed by atoms with van der Waals surface area (Å²) in [7, 11) is -3.49. The zero-order valence-corrected chi connectivity index (χ0v) is 24.1. The summed E-state index contributed by atoms with van der Waals surface area (Å²) >= 11 is 0. The molecule has 0 amide bonds. The predicted octanol–water partition coefficient (Wildman–Crippen LogP) is 4.84. The van der Waals surface area contributed by atoms with E-state index in [9.17, 15) is 26.4 Å². The van der Waals surface area contributed by atoms with E-state index in [1.165, 1.54) is 6.20 Å². The standard InChI is InChI=1S/C29H34F3N5O4S/c1-20-6-5-13-37(19-20)28-35-27(29(30,31)32)26(41-28)24(38)16-22-9-10-25(33-17-22)36-14-11-23(12-15-36)42(39,40)34-18-21-7-3-2-4-8-21/h2-4,7-10,17,20,23,34H,5-6,11-16,18-19H2,1H3. The fourth-order valence-electron chi connectivity index (χ4n) is 5.46. The van der Waals surface area contributed by atoms with Gasteiger partial charge < -0.3 is 14.2 Å². The first-order valence-electron chi connectivity index (χ1n) is 14.1. The molecule has 0 saturated carbocycles. The molecule has 2 saturated heterocycles. The van der Waals surface area contributed by atoms with E-state index in [0.717, 1.165) is 18.4 Å². The maximum absolute atomic E-state index is 13.7. The Kier molecular flexibility index (Phi) is 8.88. The van der Waals surface area contributed by atoms with E-state index < -0.39 is 38.7 Å². The van der Waals surface area contributed by atoms with Gasteiger partial charge in [0, 0.05) is 45.3 Å². The predicted molar refractivity (Wildman–Crippen MR) is 152 cm³/mol. The number of halogens is 3. The number of pyridine rings is 1. The number of Topliss-reactive ketones (excluding diaryl/α,β-unsaturated/α-hetero) is 1. The molecule has 0 aliphatic carbocycles. The Morgan fingerprint density at radius 1 is 1.02 bits per heavy atom. The van der Waals surface area contributed by atoms with E-state index in [2.05, 4.69) is 14.7 Å². The zero-order chi connectivity index (χ0) is 29.9. The Labute approximate surface area is 243 Å². The van der Waals surface area contributed by atoms with Gasteiger partial charge in [0.15, 0.2) is 5.69 Å². The van der Waals surface area contributed by atoms with Crippen molar-refractivity contribution in [2.45, 2.75) is 57.0 Å². The molecule has 42 heavy (non-hydrogen) atoms. The molecular formula is C29H34F3N5O4S. The molecule has 0 spiro atoms. The van der Waals surface area contributed by atoms with Crippen LogP contribution in [-0.4, -0.2) is 55.6 Å². The summed E-state index contributed by atoms with van der Waals surface area (Å²) in [5.74, 6) is -0.717. The van der Waals surface area contributed by atoms with Gasteiger partial charge >= 0.3 is 6.18 Å². The van der Waals surface area contributed by atoms with E-state index in [1.807, 2.05) is 42.2 Å². The number of hydrogen-bond donors (Lipinski definition) is 1. The highest BCUT2D eigenvalue weighted by Gasteiger charge is 2.42. The molecule has 2 aliphatic heterocycles. The van der Waals surface area contributed by atoms with Crippen molar-refractivity contribution in [2.24, 2.45) is 5.92 Å².